The summed E-state index contributed by atoms with van der Waals surface area (Å²) in [5.41, 5.74) is 10.8. The molecule has 0 aliphatic carbocycles. The van der Waals surface area contributed by atoms with E-state index in [4.69, 9.17) is 11.5 Å². The number of hydrogen-bond donors (Lipinski definition) is 2. The van der Waals surface area contributed by atoms with Crippen LogP contribution in [0.4, 0.5) is 18.9 Å². The summed E-state index contributed by atoms with van der Waals surface area (Å²) in [7, 11) is 0. The van der Waals surface area contributed by atoms with Gasteiger partial charge in [-0.1, -0.05) is 0 Å². The molecule has 0 amide bonds. The van der Waals surface area contributed by atoms with Gasteiger partial charge in [-0.15, -0.1) is 0 Å². The SMILES string of the molecule is NC1=NC(c2cc(N)c(I)cc2F)C(F)(F)CO1. The van der Waals surface area contributed by atoms with Crippen molar-refractivity contribution in [2.75, 3.05) is 12.3 Å². The van der Waals surface area contributed by atoms with Crippen LogP contribution in [0.15, 0.2) is 17.1 Å². The number of anilines is 1. The summed E-state index contributed by atoms with van der Waals surface area (Å²) in [6.07, 6.45) is 0. The van der Waals surface area contributed by atoms with Crippen LogP contribution in [-0.4, -0.2) is 18.6 Å². The van der Waals surface area contributed by atoms with E-state index < -0.39 is 24.4 Å². The number of amidine groups is 1. The van der Waals surface area contributed by atoms with Crippen molar-refractivity contribution in [2.24, 2.45) is 10.7 Å². The predicted octanol–water partition coefficient (Wildman–Crippen LogP) is 2.03. The molecule has 0 bridgehead atoms. The molecule has 0 aromatic heterocycles. The largest absolute Gasteiger partial charge is 0.459 e. The quantitative estimate of drug-likeness (QED) is 0.586. The van der Waals surface area contributed by atoms with Crippen LogP contribution in [0.5, 0.6) is 0 Å². The lowest BCUT2D eigenvalue weighted by molar-refractivity contribution is -0.0788. The second kappa shape index (κ2) is 4.48. The normalized spacial score (nSPS) is 22.2. The van der Waals surface area contributed by atoms with Gasteiger partial charge in [-0.05, 0) is 34.7 Å². The van der Waals surface area contributed by atoms with Gasteiger partial charge in [-0.2, -0.15) is 0 Å². The smallest absolute Gasteiger partial charge is 0.307 e. The number of nitrogens with zero attached hydrogens (tertiary/aromatic N) is 1. The highest BCUT2D eigenvalue weighted by atomic mass is 127. The van der Waals surface area contributed by atoms with Gasteiger partial charge in [0.2, 0.25) is 0 Å². The highest BCUT2D eigenvalue weighted by Crippen LogP contribution is 2.39. The first-order valence-corrected chi connectivity index (χ1v) is 5.97. The molecule has 4 nitrogen and oxygen atoms in total. The monoisotopic (exact) mass is 371 g/mol. The third kappa shape index (κ3) is 2.33. The fourth-order valence-electron chi connectivity index (χ4n) is 1.60. The summed E-state index contributed by atoms with van der Waals surface area (Å²) in [5.74, 6) is -4.13. The Morgan fingerprint density at radius 1 is 1.39 bits per heavy atom. The van der Waals surface area contributed by atoms with Gasteiger partial charge in [0.1, 0.15) is 5.82 Å². The summed E-state index contributed by atoms with van der Waals surface area (Å²) >= 11 is 1.81. The van der Waals surface area contributed by atoms with Crippen molar-refractivity contribution in [1.29, 1.82) is 0 Å². The van der Waals surface area contributed by atoms with Crippen molar-refractivity contribution in [1.82, 2.24) is 0 Å². The van der Waals surface area contributed by atoms with Crippen LogP contribution in [0.3, 0.4) is 0 Å². The Hall–Kier alpha value is -1.19. The lowest BCUT2D eigenvalue weighted by Gasteiger charge is -2.28. The zero-order valence-electron chi connectivity index (χ0n) is 8.96. The molecule has 1 aliphatic heterocycles. The van der Waals surface area contributed by atoms with E-state index in [2.05, 4.69) is 9.73 Å². The Balaban J connectivity index is 2.53. The summed E-state index contributed by atoms with van der Waals surface area (Å²) in [6, 6.07) is 0.133. The van der Waals surface area contributed by atoms with Crippen molar-refractivity contribution in [3.8, 4) is 0 Å². The zero-order chi connectivity index (χ0) is 13.5. The van der Waals surface area contributed by atoms with Crippen molar-refractivity contribution < 1.29 is 17.9 Å². The fourth-order valence-corrected chi connectivity index (χ4v) is 2.03. The molecule has 1 aromatic rings. The zero-order valence-corrected chi connectivity index (χ0v) is 11.1. The Morgan fingerprint density at radius 2 is 2.06 bits per heavy atom. The standard InChI is InChI=1S/C10H9F3IN3O/c11-5-2-6(14)7(15)1-4(5)8-10(12,13)3-18-9(16)17-8/h1-2,8H,3,15H2,(H2,16,17). The minimum Gasteiger partial charge on any atom is -0.459 e. The van der Waals surface area contributed by atoms with E-state index in [1.807, 2.05) is 22.6 Å². The fraction of sp³-hybridized carbons (Fsp3) is 0.300. The van der Waals surface area contributed by atoms with E-state index in [-0.39, 0.29) is 17.3 Å². The molecular formula is C10H9F3IN3O. The molecule has 1 heterocycles. The van der Waals surface area contributed by atoms with Crippen LogP contribution in [0.1, 0.15) is 11.6 Å². The number of halogens is 4. The first kappa shape index (κ1) is 13.2. The first-order valence-electron chi connectivity index (χ1n) is 4.89. The van der Waals surface area contributed by atoms with Crippen LogP contribution >= 0.6 is 22.6 Å². The van der Waals surface area contributed by atoms with Gasteiger partial charge in [0.15, 0.2) is 12.6 Å². The van der Waals surface area contributed by atoms with Crippen molar-refractivity contribution >= 4 is 34.3 Å². The summed E-state index contributed by atoms with van der Waals surface area (Å²) in [4.78, 5) is 3.46. The summed E-state index contributed by atoms with van der Waals surface area (Å²) in [5, 5.41) is 0. The van der Waals surface area contributed by atoms with Gasteiger partial charge in [0.25, 0.3) is 6.02 Å². The highest BCUT2D eigenvalue weighted by molar-refractivity contribution is 14.1. The molecule has 18 heavy (non-hydrogen) atoms. The van der Waals surface area contributed by atoms with E-state index >= 15 is 0 Å². The maximum absolute atomic E-state index is 13.7. The van der Waals surface area contributed by atoms with E-state index in [0.29, 0.717) is 3.57 Å². The van der Waals surface area contributed by atoms with Gasteiger partial charge in [0.05, 0.1) is 0 Å². The van der Waals surface area contributed by atoms with Gasteiger partial charge in [-0.25, -0.2) is 18.2 Å². The van der Waals surface area contributed by atoms with Gasteiger partial charge in [-0.3, -0.25) is 0 Å². The minimum atomic E-state index is -3.33. The molecule has 2 rings (SSSR count). The average molecular weight is 371 g/mol. The molecule has 8 heteroatoms. The van der Waals surface area contributed by atoms with Crippen LogP contribution in [0.2, 0.25) is 0 Å². The Bertz CT molecular complexity index is 521. The number of nitrogens with two attached hydrogens (primary N) is 2. The Morgan fingerprint density at radius 3 is 2.72 bits per heavy atom. The molecule has 0 saturated heterocycles. The lowest BCUT2D eigenvalue weighted by Crippen LogP contribution is -2.40. The number of nitrogen functional groups attached to an aromatic ring is 1. The predicted molar refractivity (Wildman–Crippen MR) is 68.8 cm³/mol. The van der Waals surface area contributed by atoms with Gasteiger partial charge < -0.3 is 16.2 Å². The average Bonchev–Trinajstić information content (AvgIpc) is 2.27. The molecule has 0 spiro atoms. The van der Waals surface area contributed by atoms with E-state index in [1.165, 1.54) is 0 Å². The van der Waals surface area contributed by atoms with Gasteiger partial charge in [0, 0.05) is 14.8 Å². The molecule has 0 radical (unpaired) electrons. The number of alkyl halides is 2. The molecule has 1 atom stereocenters. The molecule has 0 fully saturated rings. The van der Waals surface area contributed by atoms with Crippen molar-refractivity contribution in [3.05, 3.63) is 27.1 Å². The number of hydrogen-bond acceptors (Lipinski definition) is 4. The van der Waals surface area contributed by atoms with E-state index in [9.17, 15) is 13.2 Å². The highest BCUT2D eigenvalue weighted by Gasteiger charge is 2.46. The Kier molecular flexibility index (Phi) is 3.30. The first-order chi connectivity index (χ1) is 8.31. The van der Waals surface area contributed by atoms with Gasteiger partial charge >= 0.3 is 5.92 Å². The van der Waals surface area contributed by atoms with Crippen LogP contribution in [0.25, 0.3) is 0 Å². The van der Waals surface area contributed by atoms with Crippen LogP contribution < -0.4 is 11.5 Å². The second-order valence-corrected chi connectivity index (χ2v) is 4.98. The minimum absolute atomic E-state index is 0.211. The number of aliphatic imine (C=N–C) groups is 1. The van der Waals surface area contributed by atoms with Crippen LogP contribution in [-0.2, 0) is 4.74 Å². The molecule has 4 N–H and O–H groups in total. The molecule has 98 valence electrons. The topological polar surface area (TPSA) is 73.6 Å². The maximum Gasteiger partial charge on any atom is 0.307 e. The number of benzene rings is 1. The third-order valence-corrected chi connectivity index (χ3v) is 3.41. The van der Waals surface area contributed by atoms with E-state index in [0.717, 1.165) is 12.1 Å². The molecule has 1 aromatic carbocycles. The molecule has 1 aliphatic rings. The summed E-state index contributed by atoms with van der Waals surface area (Å²) in [6.45, 7) is -0.932. The summed E-state index contributed by atoms with van der Waals surface area (Å²) < 4.78 is 45.9. The van der Waals surface area contributed by atoms with Crippen molar-refractivity contribution in [3.63, 3.8) is 0 Å². The molecular weight excluding hydrogens is 362 g/mol. The second-order valence-electron chi connectivity index (χ2n) is 3.81. The maximum atomic E-state index is 13.7. The molecule has 1 unspecified atom stereocenters. The van der Waals surface area contributed by atoms with Crippen molar-refractivity contribution in [2.45, 2.75) is 12.0 Å². The van der Waals surface area contributed by atoms with Crippen LogP contribution in [0, 0.1) is 9.39 Å². The Labute approximate surface area is 114 Å². The number of ether oxygens (including phenoxy) is 1. The van der Waals surface area contributed by atoms with E-state index in [1.54, 1.807) is 0 Å². The molecule has 0 saturated carbocycles. The third-order valence-electron chi connectivity index (χ3n) is 2.48. The lowest BCUT2D eigenvalue weighted by atomic mass is 9.99. The number of rotatable bonds is 1.